The summed E-state index contributed by atoms with van der Waals surface area (Å²) in [5, 5.41) is 7.11. The monoisotopic (exact) mass is 455 g/mol. The SMILES string of the molecule is CCN(CC)c1ccc([C@H]2CC(=O)C3=C(C2)Nc2ccccc2N[C@@H]3c2ccc(F)cc2)cc1. The van der Waals surface area contributed by atoms with Crippen LogP contribution in [0.25, 0.3) is 0 Å². The van der Waals surface area contributed by atoms with Crippen LogP contribution < -0.4 is 15.5 Å². The Morgan fingerprint density at radius 2 is 1.50 bits per heavy atom. The molecular weight excluding hydrogens is 425 g/mol. The molecule has 0 saturated carbocycles. The summed E-state index contributed by atoms with van der Waals surface area (Å²) in [6, 6.07) is 22.7. The first-order valence-electron chi connectivity index (χ1n) is 12.1. The van der Waals surface area contributed by atoms with Gasteiger partial charge < -0.3 is 15.5 Å². The third-order valence-corrected chi connectivity index (χ3v) is 7.01. The Labute approximate surface area is 200 Å². The number of allylic oxidation sites excluding steroid dienone is 1. The van der Waals surface area contributed by atoms with Gasteiger partial charge in [0.1, 0.15) is 5.82 Å². The van der Waals surface area contributed by atoms with Crippen molar-refractivity contribution in [1.29, 1.82) is 0 Å². The zero-order chi connectivity index (χ0) is 23.7. The molecule has 0 radical (unpaired) electrons. The summed E-state index contributed by atoms with van der Waals surface area (Å²) in [7, 11) is 0. The largest absolute Gasteiger partial charge is 0.372 e. The molecule has 3 aromatic rings. The van der Waals surface area contributed by atoms with E-state index >= 15 is 0 Å². The van der Waals surface area contributed by atoms with Gasteiger partial charge in [-0.15, -0.1) is 0 Å². The number of Topliss-reactive ketones (excluding diaryl/α,β-unsaturated/α-hetero) is 1. The van der Waals surface area contributed by atoms with Crippen molar-refractivity contribution >= 4 is 22.8 Å². The van der Waals surface area contributed by atoms with Gasteiger partial charge in [0.15, 0.2) is 5.78 Å². The van der Waals surface area contributed by atoms with Crippen molar-refractivity contribution < 1.29 is 9.18 Å². The fraction of sp³-hybridized carbons (Fsp3) is 0.276. The van der Waals surface area contributed by atoms with Crippen LogP contribution in [0.2, 0.25) is 0 Å². The van der Waals surface area contributed by atoms with Crippen molar-refractivity contribution in [3.05, 3.63) is 101 Å². The molecule has 4 nitrogen and oxygen atoms in total. The first-order valence-corrected chi connectivity index (χ1v) is 12.1. The highest BCUT2D eigenvalue weighted by Gasteiger charge is 2.36. The van der Waals surface area contributed by atoms with Crippen LogP contribution in [0.3, 0.4) is 0 Å². The number of nitrogens with zero attached hydrogens (tertiary/aromatic N) is 1. The Morgan fingerprint density at radius 3 is 2.18 bits per heavy atom. The summed E-state index contributed by atoms with van der Waals surface area (Å²) in [6.45, 7) is 6.25. The molecule has 2 aliphatic rings. The number of ketones is 1. The lowest BCUT2D eigenvalue weighted by Gasteiger charge is -2.30. The van der Waals surface area contributed by atoms with Crippen molar-refractivity contribution in [1.82, 2.24) is 0 Å². The zero-order valence-corrected chi connectivity index (χ0v) is 19.6. The minimum absolute atomic E-state index is 0.114. The molecule has 2 N–H and O–H groups in total. The predicted molar refractivity (Wildman–Crippen MR) is 137 cm³/mol. The molecule has 34 heavy (non-hydrogen) atoms. The first-order chi connectivity index (χ1) is 16.6. The molecule has 0 unspecified atom stereocenters. The Balaban J connectivity index is 1.51. The minimum Gasteiger partial charge on any atom is -0.372 e. The number of hydrogen-bond donors (Lipinski definition) is 2. The number of fused-ring (bicyclic) bond motifs is 1. The van der Waals surface area contributed by atoms with Crippen molar-refractivity contribution in [3.63, 3.8) is 0 Å². The molecule has 5 heteroatoms. The maximum atomic E-state index is 13.6. The van der Waals surface area contributed by atoms with E-state index in [1.165, 1.54) is 23.4 Å². The molecule has 1 heterocycles. The second kappa shape index (κ2) is 9.34. The summed E-state index contributed by atoms with van der Waals surface area (Å²) >= 11 is 0. The Hall–Kier alpha value is -3.60. The van der Waals surface area contributed by atoms with Gasteiger partial charge in [-0.2, -0.15) is 0 Å². The number of rotatable bonds is 5. The quantitative estimate of drug-likeness (QED) is 0.452. The molecule has 1 aliphatic carbocycles. The lowest BCUT2D eigenvalue weighted by molar-refractivity contribution is -0.116. The summed E-state index contributed by atoms with van der Waals surface area (Å²) in [6.07, 6.45) is 1.21. The number of anilines is 3. The second-order valence-corrected chi connectivity index (χ2v) is 8.98. The van der Waals surface area contributed by atoms with Gasteiger partial charge in [0, 0.05) is 36.5 Å². The van der Waals surface area contributed by atoms with Crippen LogP contribution in [0.15, 0.2) is 84.1 Å². The lowest BCUT2D eigenvalue weighted by atomic mass is 9.78. The topological polar surface area (TPSA) is 44.4 Å². The van der Waals surface area contributed by atoms with E-state index in [0.29, 0.717) is 6.42 Å². The fourth-order valence-electron chi connectivity index (χ4n) is 5.18. The third-order valence-electron chi connectivity index (χ3n) is 7.01. The molecule has 0 spiro atoms. The molecular formula is C29H30FN3O. The highest BCUT2D eigenvalue weighted by Crippen LogP contribution is 2.44. The van der Waals surface area contributed by atoms with Gasteiger partial charge in [-0.05, 0) is 73.7 Å². The first kappa shape index (κ1) is 22.2. The number of carbonyl (C=O) groups is 1. The number of benzene rings is 3. The Morgan fingerprint density at radius 1 is 0.853 bits per heavy atom. The van der Waals surface area contributed by atoms with Crippen LogP contribution in [-0.4, -0.2) is 18.9 Å². The van der Waals surface area contributed by atoms with Gasteiger partial charge in [-0.1, -0.05) is 36.4 Å². The summed E-state index contributed by atoms with van der Waals surface area (Å²) in [5.74, 6) is -0.0434. The van der Waals surface area contributed by atoms with Gasteiger partial charge in [-0.25, -0.2) is 4.39 Å². The fourth-order valence-corrected chi connectivity index (χ4v) is 5.18. The van der Waals surface area contributed by atoms with Gasteiger partial charge >= 0.3 is 0 Å². The molecule has 0 bridgehead atoms. The number of nitrogens with one attached hydrogen (secondary N) is 2. The average Bonchev–Trinajstić information content (AvgIpc) is 3.02. The van der Waals surface area contributed by atoms with E-state index in [1.807, 2.05) is 24.3 Å². The molecule has 0 fully saturated rings. The molecule has 2 atom stereocenters. The van der Waals surface area contributed by atoms with Gasteiger partial charge in [0.2, 0.25) is 0 Å². The summed E-state index contributed by atoms with van der Waals surface area (Å²) < 4.78 is 13.6. The van der Waals surface area contributed by atoms with Crippen molar-refractivity contribution in [2.45, 2.75) is 38.6 Å². The van der Waals surface area contributed by atoms with Crippen molar-refractivity contribution in [2.24, 2.45) is 0 Å². The molecule has 3 aromatic carbocycles. The number of halogens is 1. The van der Waals surface area contributed by atoms with E-state index in [1.54, 1.807) is 12.1 Å². The van der Waals surface area contributed by atoms with Crippen LogP contribution >= 0.6 is 0 Å². The number of para-hydroxylation sites is 2. The van der Waals surface area contributed by atoms with Crippen molar-refractivity contribution in [2.75, 3.05) is 28.6 Å². The smallest absolute Gasteiger partial charge is 0.163 e. The normalized spacial score (nSPS) is 19.4. The van der Waals surface area contributed by atoms with E-state index in [-0.39, 0.29) is 23.6 Å². The lowest BCUT2D eigenvalue weighted by Crippen LogP contribution is -2.27. The zero-order valence-electron chi connectivity index (χ0n) is 19.6. The highest BCUT2D eigenvalue weighted by atomic mass is 19.1. The predicted octanol–water partition coefficient (Wildman–Crippen LogP) is 6.65. The average molecular weight is 456 g/mol. The maximum Gasteiger partial charge on any atom is 0.163 e. The van der Waals surface area contributed by atoms with Crippen LogP contribution in [0.4, 0.5) is 21.5 Å². The number of carbonyl (C=O) groups excluding carboxylic acids is 1. The minimum atomic E-state index is -0.328. The number of hydrogen-bond acceptors (Lipinski definition) is 4. The molecule has 5 rings (SSSR count). The van der Waals surface area contributed by atoms with E-state index in [9.17, 15) is 9.18 Å². The van der Waals surface area contributed by atoms with Crippen LogP contribution in [0.1, 0.15) is 49.8 Å². The van der Waals surface area contributed by atoms with Gasteiger partial charge in [-0.3, -0.25) is 4.79 Å². The van der Waals surface area contributed by atoms with E-state index < -0.39 is 0 Å². The van der Waals surface area contributed by atoms with E-state index in [2.05, 4.69) is 53.6 Å². The Kier molecular flexibility index (Phi) is 6.10. The standard InChI is InChI=1S/C29H30FN3O/c1-3-33(4-2)23-15-11-19(12-16-23)21-17-26-28(27(34)18-21)29(20-9-13-22(30)14-10-20)32-25-8-6-5-7-24(25)31-26/h5-16,21,29,31-32H,3-4,17-18H2,1-2H3/t21-,29-/m1/s1. The maximum absolute atomic E-state index is 13.6. The summed E-state index contributed by atoms with van der Waals surface area (Å²) in [5.41, 5.74) is 6.84. The second-order valence-electron chi connectivity index (χ2n) is 8.98. The Bertz CT molecular complexity index is 1210. The summed E-state index contributed by atoms with van der Waals surface area (Å²) in [4.78, 5) is 15.9. The highest BCUT2D eigenvalue weighted by molar-refractivity contribution is 6.01. The van der Waals surface area contributed by atoms with Gasteiger partial charge in [0.25, 0.3) is 0 Å². The van der Waals surface area contributed by atoms with Gasteiger partial charge in [0.05, 0.1) is 17.4 Å². The molecule has 1 aliphatic heterocycles. The van der Waals surface area contributed by atoms with E-state index in [0.717, 1.165) is 47.7 Å². The third kappa shape index (κ3) is 4.18. The molecule has 0 amide bonds. The molecule has 0 aromatic heterocycles. The van der Waals surface area contributed by atoms with Crippen LogP contribution in [0, 0.1) is 5.82 Å². The van der Waals surface area contributed by atoms with Crippen LogP contribution in [0.5, 0.6) is 0 Å². The molecule has 174 valence electrons. The van der Waals surface area contributed by atoms with Crippen molar-refractivity contribution in [3.8, 4) is 0 Å². The molecule has 0 saturated heterocycles. The van der Waals surface area contributed by atoms with Crippen LogP contribution in [-0.2, 0) is 4.79 Å². The van der Waals surface area contributed by atoms with E-state index in [4.69, 9.17) is 0 Å².